The molecule has 0 amide bonds. The first-order valence-electron chi connectivity index (χ1n) is 3.47. The van der Waals surface area contributed by atoms with Crippen LogP contribution in [0.3, 0.4) is 0 Å². The molecule has 7 nitrogen and oxygen atoms in total. The zero-order chi connectivity index (χ0) is 10.6. The molecule has 0 heterocycles. The number of aliphatic hydroxyl groups excluding tert-OH is 5. The molecule has 6 N–H and O–H groups in total. The minimum absolute atomic E-state index is 0.843. The van der Waals surface area contributed by atoms with Crippen LogP contribution in [0.5, 0.6) is 0 Å². The Morgan fingerprint density at radius 2 is 1.54 bits per heavy atom. The van der Waals surface area contributed by atoms with Gasteiger partial charge in [-0.2, -0.15) is 0 Å². The van der Waals surface area contributed by atoms with Crippen LogP contribution in [0.4, 0.5) is 0 Å². The predicted octanol–water partition coefficient (Wildman–Crippen LogP) is -3.49. The van der Waals surface area contributed by atoms with Crippen molar-refractivity contribution >= 4 is 5.97 Å². The standard InChI is InChI=1S/C6H12O7/c7-1-2(8)3(9)4(10)5(11)6(12)13/h2-5,7-11H,1H2,(H,12,13)/t2?,3-,4?,5?/m1/s1. The maximum Gasteiger partial charge on any atom is 0.335 e. The first-order chi connectivity index (χ1) is 5.91. The van der Waals surface area contributed by atoms with Crippen LogP contribution >= 0.6 is 0 Å². The van der Waals surface area contributed by atoms with Crippen molar-refractivity contribution in [1.82, 2.24) is 0 Å². The van der Waals surface area contributed by atoms with Crippen LogP contribution in [0.15, 0.2) is 0 Å². The molecule has 78 valence electrons. The molecule has 4 atom stereocenters. The van der Waals surface area contributed by atoms with Gasteiger partial charge in [-0.15, -0.1) is 0 Å². The van der Waals surface area contributed by atoms with Gasteiger partial charge in [0.05, 0.1) is 6.61 Å². The van der Waals surface area contributed by atoms with Crippen LogP contribution in [0, 0.1) is 0 Å². The maximum atomic E-state index is 10.1. The second-order valence-corrected chi connectivity index (χ2v) is 2.51. The molecular weight excluding hydrogens is 184 g/mol. The van der Waals surface area contributed by atoms with Crippen LogP contribution in [0.25, 0.3) is 0 Å². The summed E-state index contributed by atoms with van der Waals surface area (Å²) >= 11 is 0. The second kappa shape index (κ2) is 5.10. The number of carbonyl (C=O) groups is 1. The molecule has 7 heteroatoms. The fourth-order valence-electron chi connectivity index (χ4n) is 0.668. The number of hydrogen-bond acceptors (Lipinski definition) is 6. The molecule has 0 aromatic rings. The maximum absolute atomic E-state index is 10.1. The zero-order valence-corrected chi connectivity index (χ0v) is 6.61. The van der Waals surface area contributed by atoms with E-state index in [0.717, 1.165) is 0 Å². The van der Waals surface area contributed by atoms with Crippen molar-refractivity contribution in [3.05, 3.63) is 0 Å². The van der Waals surface area contributed by atoms with Crippen molar-refractivity contribution in [2.24, 2.45) is 0 Å². The fraction of sp³-hybridized carbons (Fsp3) is 0.833. The van der Waals surface area contributed by atoms with E-state index in [9.17, 15) is 4.79 Å². The Hall–Kier alpha value is -0.730. The lowest BCUT2D eigenvalue weighted by molar-refractivity contribution is -0.164. The van der Waals surface area contributed by atoms with Crippen molar-refractivity contribution < 1.29 is 35.4 Å². The van der Waals surface area contributed by atoms with E-state index in [2.05, 4.69) is 0 Å². The molecule has 0 aliphatic heterocycles. The lowest BCUT2D eigenvalue weighted by atomic mass is 10.0. The molecule has 13 heavy (non-hydrogen) atoms. The Morgan fingerprint density at radius 1 is 1.08 bits per heavy atom. The first-order valence-corrected chi connectivity index (χ1v) is 3.47. The average Bonchev–Trinajstić information content (AvgIpc) is 2.12. The molecule has 0 rings (SSSR count). The van der Waals surface area contributed by atoms with E-state index in [1.807, 2.05) is 0 Å². The fourth-order valence-corrected chi connectivity index (χ4v) is 0.668. The molecule has 3 unspecified atom stereocenters. The van der Waals surface area contributed by atoms with Crippen LogP contribution in [-0.2, 0) is 4.79 Å². The van der Waals surface area contributed by atoms with Crippen LogP contribution in [0.1, 0.15) is 0 Å². The van der Waals surface area contributed by atoms with Crippen LogP contribution < -0.4 is 0 Å². The van der Waals surface area contributed by atoms with Gasteiger partial charge in [0.1, 0.15) is 18.3 Å². The monoisotopic (exact) mass is 196 g/mol. The quantitative estimate of drug-likeness (QED) is 0.268. The highest BCUT2D eigenvalue weighted by molar-refractivity contribution is 5.72. The van der Waals surface area contributed by atoms with Gasteiger partial charge in [-0.25, -0.2) is 4.79 Å². The highest BCUT2D eigenvalue weighted by Gasteiger charge is 2.33. The number of aliphatic hydroxyl groups is 5. The summed E-state index contributed by atoms with van der Waals surface area (Å²) in [5, 5.41) is 51.8. The van der Waals surface area contributed by atoms with Gasteiger partial charge < -0.3 is 30.6 Å². The van der Waals surface area contributed by atoms with Crippen LogP contribution in [-0.4, -0.2) is 67.6 Å². The van der Waals surface area contributed by atoms with E-state index in [1.54, 1.807) is 0 Å². The van der Waals surface area contributed by atoms with Gasteiger partial charge in [0.25, 0.3) is 0 Å². The van der Waals surface area contributed by atoms with E-state index in [-0.39, 0.29) is 0 Å². The Balaban J connectivity index is 4.24. The largest absolute Gasteiger partial charge is 0.479 e. The summed E-state index contributed by atoms with van der Waals surface area (Å²) in [4.78, 5) is 10.1. The number of aliphatic carboxylic acids is 1. The van der Waals surface area contributed by atoms with Gasteiger partial charge in [-0.1, -0.05) is 0 Å². The summed E-state index contributed by atoms with van der Waals surface area (Å²) < 4.78 is 0. The van der Waals surface area contributed by atoms with Crippen molar-refractivity contribution in [3.63, 3.8) is 0 Å². The lowest BCUT2D eigenvalue weighted by Crippen LogP contribution is -2.48. The van der Waals surface area contributed by atoms with Crippen LogP contribution in [0.2, 0.25) is 0 Å². The van der Waals surface area contributed by atoms with Gasteiger partial charge in [0.2, 0.25) is 0 Å². The minimum atomic E-state index is -2.20. The van der Waals surface area contributed by atoms with E-state index in [0.29, 0.717) is 0 Å². The molecule has 0 aliphatic rings. The smallest absolute Gasteiger partial charge is 0.335 e. The number of carboxylic acid groups (broad SMARTS) is 1. The van der Waals surface area contributed by atoms with Gasteiger partial charge in [-0.3, -0.25) is 0 Å². The Labute approximate surface area is 73.5 Å². The summed E-state index contributed by atoms with van der Waals surface area (Å²) in [5.41, 5.74) is 0. The van der Waals surface area contributed by atoms with Crippen molar-refractivity contribution in [3.8, 4) is 0 Å². The lowest BCUT2D eigenvalue weighted by Gasteiger charge is -2.23. The summed E-state index contributed by atoms with van der Waals surface area (Å²) in [7, 11) is 0. The summed E-state index contributed by atoms with van der Waals surface area (Å²) in [6, 6.07) is 0. The third-order valence-electron chi connectivity index (χ3n) is 1.51. The van der Waals surface area contributed by atoms with Crippen molar-refractivity contribution in [1.29, 1.82) is 0 Å². The number of hydrogen-bond donors (Lipinski definition) is 6. The summed E-state index contributed by atoms with van der Waals surface area (Å²) in [5.74, 6) is -1.73. The highest BCUT2D eigenvalue weighted by Crippen LogP contribution is 2.04. The first kappa shape index (κ1) is 12.3. The molecule has 0 fully saturated rings. The summed E-state index contributed by atoms with van der Waals surface area (Å²) in [6.07, 6.45) is -7.84. The van der Waals surface area contributed by atoms with E-state index >= 15 is 0 Å². The predicted molar refractivity (Wildman–Crippen MR) is 38.7 cm³/mol. The normalized spacial score (nSPS) is 20.4. The number of rotatable bonds is 5. The van der Waals surface area contributed by atoms with Crippen molar-refractivity contribution in [2.75, 3.05) is 6.61 Å². The minimum Gasteiger partial charge on any atom is -0.479 e. The van der Waals surface area contributed by atoms with Gasteiger partial charge in [-0.05, 0) is 0 Å². The van der Waals surface area contributed by atoms with Gasteiger partial charge >= 0.3 is 5.97 Å². The molecular formula is C6H12O7. The zero-order valence-electron chi connectivity index (χ0n) is 6.61. The SMILES string of the molecule is O=C(O)C(O)C(O)[C@H](O)C(O)CO. The second-order valence-electron chi connectivity index (χ2n) is 2.51. The molecule has 0 saturated heterocycles. The molecule has 0 aliphatic carbocycles. The van der Waals surface area contributed by atoms with E-state index in [1.165, 1.54) is 0 Å². The third kappa shape index (κ3) is 3.25. The average molecular weight is 196 g/mol. The summed E-state index contributed by atoms with van der Waals surface area (Å²) in [6.45, 7) is -0.843. The van der Waals surface area contributed by atoms with Gasteiger partial charge in [0.15, 0.2) is 6.10 Å². The Kier molecular flexibility index (Phi) is 4.81. The molecule has 0 bridgehead atoms. The highest BCUT2D eigenvalue weighted by atomic mass is 16.4. The Morgan fingerprint density at radius 3 is 1.85 bits per heavy atom. The van der Waals surface area contributed by atoms with Crippen molar-refractivity contribution in [2.45, 2.75) is 24.4 Å². The molecule has 0 radical (unpaired) electrons. The number of carboxylic acids is 1. The third-order valence-corrected chi connectivity index (χ3v) is 1.51. The Bertz CT molecular complexity index is 170. The van der Waals surface area contributed by atoms with E-state index in [4.69, 9.17) is 30.6 Å². The van der Waals surface area contributed by atoms with Gasteiger partial charge in [0, 0.05) is 0 Å². The molecule has 0 spiro atoms. The molecule has 0 aromatic carbocycles. The topological polar surface area (TPSA) is 138 Å². The molecule has 0 saturated carbocycles. The molecule has 0 aromatic heterocycles. The van der Waals surface area contributed by atoms with E-state index < -0.39 is 37.0 Å².